The lowest BCUT2D eigenvalue weighted by Gasteiger charge is -2.29. The third kappa shape index (κ3) is 4.95. The molecule has 35 heavy (non-hydrogen) atoms. The van der Waals surface area contributed by atoms with Gasteiger partial charge in [-0.2, -0.15) is 0 Å². The molecule has 0 saturated carbocycles. The van der Waals surface area contributed by atoms with Crippen LogP contribution in [0.5, 0.6) is 5.75 Å². The average Bonchev–Trinajstić information content (AvgIpc) is 3.32. The first-order valence-corrected chi connectivity index (χ1v) is 12.3. The Morgan fingerprint density at radius 2 is 1.83 bits per heavy atom. The van der Waals surface area contributed by atoms with Gasteiger partial charge in [0, 0.05) is 23.1 Å². The number of amides is 2. The van der Waals surface area contributed by atoms with E-state index in [-0.39, 0.29) is 25.0 Å². The van der Waals surface area contributed by atoms with Gasteiger partial charge >= 0.3 is 0 Å². The van der Waals surface area contributed by atoms with Crippen LogP contribution in [0, 0.1) is 13.8 Å². The van der Waals surface area contributed by atoms with Gasteiger partial charge in [0.1, 0.15) is 12.3 Å². The molecule has 2 heterocycles. The SMILES string of the molecule is Cc1cccc(C)c1NC(=O)CN1C(=O)COc2ccc(-c3csc(Cc4ccccc4)n3)cc21. The van der Waals surface area contributed by atoms with Gasteiger partial charge < -0.3 is 10.1 Å². The van der Waals surface area contributed by atoms with Crippen LogP contribution in [-0.2, 0) is 16.0 Å². The van der Waals surface area contributed by atoms with Crippen LogP contribution in [0.4, 0.5) is 11.4 Å². The maximum Gasteiger partial charge on any atom is 0.265 e. The van der Waals surface area contributed by atoms with Crippen molar-refractivity contribution in [3.8, 4) is 17.0 Å². The van der Waals surface area contributed by atoms with Gasteiger partial charge in [0.25, 0.3) is 5.91 Å². The van der Waals surface area contributed by atoms with Crippen LogP contribution in [-0.4, -0.2) is 29.9 Å². The van der Waals surface area contributed by atoms with E-state index in [0.29, 0.717) is 11.4 Å². The zero-order valence-electron chi connectivity index (χ0n) is 19.6. The second-order valence-electron chi connectivity index (χ2n) is 8.55. The number of thiazole rings is 1. The molecule has 1 N–H and O–H groups in total. The minimum absolute atomic E-state index is 0.0945. The van der Waals surface area contributed by atoms with Crippen LogP contribution in [0.15, 0.2) is 72.1 Å². The molecule has 6 nitrogen and oxygen atoms in total. The molecule has 2 amide bonds. The predicted molar refractivity (Wildman–Crippen MR) is 139 cm³/mol. The fraction of sp³-hybridized carbons (Fsp3) is 0.179. The highest BCUT2D eigenvalue weighted by molar-refractivity contribution is 7.10. The summed E-state index contributed by atoms with van der Waals surface area (Å²) in [7, 11) is 0. The lowest BCUT2D eigenvalue weighted by molar-refractivity contribution is -0.123. The first-order valence-electron chi connectivity index (χ1n) is 11.4. The lowest BCUT2D eigenvalue weighted by Crippen LogP contribution is -2.43. The van der Waals surface area contributed by atoms with Crippen LogP contribution < -0.4 is 15.0 Å². The number of benzene rings is 3. The molecule has 176 valence electrons. The molecular formula is C28H25N3O3S. The lowest BCUT2D eigenvalue weighted by atomic mass is 10.1. The van der Waals surface area contributed by atoms with Crippen molar-refractivity contribution in [1.82, 2.24) is 4.98 Å². The number of fused-ring (bicyclic) bond motifs is 1. The number of carbonyl (C=O) groups is 2. The van der Waals surface area contributed by atoms with Crippen molar-refractivity contribution in [1.29, 1.82) is 0 Å². The Morgan fingerprint density at radius 1 is 1.06 bits per heavy atom. The van der Waals surface area contributed by atoms with Crippen molar-refractivity contribution < 1.29 is 14.3 Å². The summed E-state index contributed by atoms with van der Waals surface area (Å²) in [6.07, 6.45) is 0.767. The van der Waals surface area contributed by atoms with E-state index < -0.39 is 0 Å². The number of para-hydroxylation sites is 1. The highest BCUT2D eigenvalue weighted by Gasteiger charge is 2.28. The highest BCUT2D eigenvalue weighted by atomic mass is 32.1. The molecular weight excluding hydrogens is 458 g/mol. The minimum atomic E-state index is -0.257. The molecule has 0 atom stereocenters. The normalized spacial score (nSPS) is 12.7. The molecule has 0 spiro atoms. The third-order valence-electron chi connectivity index (χ3n) is 5.99. The standard InChI is InChI=1S/C28H25N3O3S/c1-18-7-6-8-19(2)28(18)30-25(32)15-31-23-14-21(11-12-24(23)34-16-27(31)33)22-17-35-26(29-22)13-20-9-4-3-5-10-20/h3-12,14,17H,13,15-16H2,1-2H3,(H,30,32). The quantitative estimate of drug-likeness (QED) is 0.400. The zero-order valence-corrected chi connectivity index (χ0v) is 20.4. The van der Waals surface area contributed by atoms with Gasteiger partial charge in [-0.15, -0.1) is 11.3 Å². The molecule has 0 unspecified atom stereocenters. The van der Waals surface area contributed by atoms with E-state index >= 15 is 0 Å². The molecule has 0 bridgehead atoms. The number of hydrogen-bond donors (Lipinski definition) is 1. The smallest absolute Gasteiger partial charge is 0.265 e. The maximum atomic E-state index is 12.9. The van der Waals surface area contributed by atoms with E-state index in [1.807, 2.05) is 73.8 Å². The van der Waals surface area contributed by atoms with Gasteiger partial charge in [0.15, 0.2) is 6.61 Å². The van der Waals surface area contributed by atoms with Gasteiger partial charge in [-0.3, -0.25) is 14.5 Å². The molecule has 4 aromatic rings. The second kappa shape index (κ2) is 9.72. The van der Waals surface area contributed by atoms with Gasteiger partial charge in [-0.25, -0.2) is 4.98 Å². The van der Waals surface area contributed by atoms with Crippen LogP contribution >= 0.6 is 11.3 Å². The Morgan fingerprint density at radius 3 is 2.60 bits per heavy atom. The van der Waals surface area contributed by atoms with Crippen LogP contribution in [0.2, 0.25) is 0 Å². The van der Waals surface area contributed by atoms with Crippen LogP contribution in [0.3, 0.4) is 0 Å². The average molecular weight is 484 g/mol. The van der Waals surface area contributed by atoms with Crippen LogP contribution in [0.1, 0.15) is 21.7 Å². The predicted octanol–water partition coefficient (Wildman–Crippen LogP) is 5.38. The monoisotopic (exact) mass is 483 g/mol. The summed E-state index contributed by atoms with van der Waals surface area (Å²) in [5.41, 5.74) is 6.22. The Bertz CT molecular complexity index is 1380. The topological polar surface area (TPSA) is 71.5 Å². The molecule has 0 radical (unpaired) electrons. The van der Waals surface area contributed by atoms with Crippen molar-refractivity contribution in [3.05, 3.63) is 93.8 Å². The van der Waals surface area contributed by atoms with Crippen molar-refractivity contribution >= 4 is 34.5 Å². The van der Waals surface area contributed by atoms with Crippen molar-refractivity contribution in [2.24, 2.45) is 0 Å². The summed E-state index contributed by atoms with van der Waals surface area (Å²) in [4.78, 5) is 31.9. The number of nitrogens with zero attached hydrogens (tertiary/aromatic N) is 2. The zero-order chi connectivity index (χ0) is 24.4. The van der Waals surface area contributed by atoms with E-state index in [2.05, 4.69) is 17.4 Å². The molecule has 0 fully saturated rings. The summed E-state index contributed by atoms with van der Waals surface area (Å²) in [5.74, 6) is 0.0649. The first-order chi connectivity index (χ1) is 17.0. The third-order valence-corrected chi connectivity index (χ3v) is 6.84. The number of nitrogens with one attached hydrogen (secondary N) is 1. The van der Waals surface area contributed by atoms with E-state index in [9.17, 15) is 9.59 Å². The fourth-order valence-corrected chi connectivity index (χ4v) is 5.00. The van der Waals surface area contributed by atoms with Gasteiger partial charge in [0.2, 0.25) is 5.91 Å². The number of hydrogen-bond acceptors (Lipinski definition) is 5. The molecule has 7 heteroatoms. The molecule has 0 aliphatic carbocycles. The number of aromatic nitrogens is 1. The van der Waals surface area contributed by atoms with Crippen LogP contribution in [0.25, 0.3) is 11.3 Å². The van der Waals surface area contributed by atoms with Crippen molar-refractivity contribution in [2.45, 2.75) is 20.3 Å². The Kier molecular flexibility index (Phi) is 6.33. The summed E-state index contributed by atoms with van der Waals surface area (Å²) in [6.45, 7) is 3.71. The van der Waals surface area contributed by atoms with E-state index in [1.54, 1.807) is 11.3 Å². The first kappa shape index (κ1) is 22.8. The Balaban J connectivity index is 1.37. The number of ether oxygens (including phenoxy) is 1. The fourth-order valence-electron chi connectivity index (χ4n) is 4.16. The highest BCUT2D eigenvalue weighted by Crippen LogP contribution is 2.36. The van der Waals surface area contributed by atoms with E-state index in [4.69, 9.17) is 9.72 Å². The molecule has 1 aromatic heterocycles. The molecule has 3 aromatic carbocycles. The summed E-state index contributed by atoms with van der Waals surface area (Å²) >= 11 is 1.61. The number of aryl methyl sites for hydroxylation is 2. The number of carbonyl (C=O) groups excluding carboxylic acids is 2. The number of rotatable bonds is 6. The van der Waals surface area contributed by atoms with E-state index in [1.165, 1.54) is 10.5 Å². The summed E-state index contributed by atoms with van der Waals surface area (Å²) < 4.78 is 5.64. The van der Waals surface area contributed by atoms with Gasteiger partial charge in [-0.05, 0) is 48.7 Å². The molecule has 5 rings (SSSR count). The van der Waals surface area contributed by atoms with E-state index in [0.717, 1.165) is 39.5 Å². The molecule has 1 aliphatic heterocycles. The second-order valence-corrected chi connectivity index (χ2v) is 9.50. The number of anilines is 2. The summed E-state index contributed by atoms with van der Waals surface area (Å²) in [6, 6.07) is 21.7. The Labute approximate surface area is 208 Å². The summed E-state index contributed by atoms with van der Waals surface area (Å²) in [5, 5.41) is 6.00. The molecule has 1 aliphatic rings. The minimum Gasteiger partial charge on any atom is -0.482 e. The largest absolute Gasteiger partial charge is 0.482 e. The maximum absolute atomic E-state index is 12.9. The Hall–Kier alpha value is -3.97. The van der Waals surface area contributed by atoms with Gasteiger partial charge in [0.05, 0.1) is 16.4 Å². The van der Waals surface area contributed by atoms with Crippen molar-refractivity contribution in [3.63, 3.8) is 0 Å². The van der Waals surface area contributed by atoms with Gasteiger partial charge in [-0.1, -0.05) is 48.5 Å². The molecule has 0 saturated heterocycles. The van der Waals surface area contributed by atoms with Crippen molar-refractivity contribution in [2.75, 3.05) is 23.4 Å².